The molecule has 5 heteroatoms. The lowest BCUT2D eigenvalue weighted by Crippen LogP contribution is -2.64. The van der Waals surface area contributed by atoms with Gasteiger partial charge in [-0.05, 0) is 103 Å². The van der Waals surface area contributed by atoms with Crippen molar-refractivity contribution < 1.29 is 0 Å². The van der Waals surface area contributed by atoms with E-state index in [1.807, 2.05) is 17.7 Å². The van der Waals surface area contributed by atoms with Gasteiger partial charge in [0.1, 0.15) is 12.1 Å². The van der Waals surface area contributed by atoms with Crippen molar-refractivity contribution in [3.05, 3.63) is 93.9 Å². The number of nitrogens with zero attached hydrogens (tertiary/aromatic N) is 3. The van der Waals surface area contributed by atoms with Gasteiger partial charge in [0.25, 0.3) is 6.71 Å². The van der Waals surface area contributed by atoms with Crippen LogP contribution in [0.15, 0.2) is 54.9 Å². The summed E-state index contributed by atoms with van der Waals surface area (Å²) in [6.45, 7) is 35.7. The topological polar surface area (TPSA) is 29.0 Å². The van der Waals surface area contributed by atoms with E-state index in [9.17, 15) is 0 Å². The normalized spacial score (nSPS) is 18.5. The average Bonchev–Trinajstić information content (AvgIpc) is 3.41. The molecule has 0 fully saturated rings. The van der Waals surface area contributed by atoms with Gasteiger partial charge in [0, 0.05) is 26.0 Å². The Hall–Kier alpha value is -3.44. The highest BCUT2D eigenvalue weighted by Gasteiger charge is 2.51. The summed E-state index contributed by atoms with van der Waals surface area (Å²) in [7, 11) is 0. The first kappa shape index (κ1) is 35.6. The maximum atomic E-state index is 5.31. The van der Waals surface area contributed by atoms with Crippen LogP contribution in [0.1, 0.15) is 156 Å². The number of anilines is 3. The van der Waals surface area contributed by atoms with E-state index in [0.29, 0.717) is 0 Å². The van der Waals surface area contributed by atoms with Gasteiger partial charge in [-0.1, -0.05) is 134 Å². The van der Waals surface area contributed by atoms with Crippen LogP contribution in [-0.2, 0) is 32.5 Å². The van der Waals surface area contributed by atoms with Crippen LogP contribution >= 0.6 is 11.3 Å². The maximum Gasteiger partial charge on any atom is 0.264 e. The Morgan fingerprint density at radius 3 is 1.81 bits per heavy atom. The number of thiophene rings is 1. The lowest BCUT2D eigenvalue weighted by Gasteiger charge is -2.47. The highest BCUT2D eigenvalue weighted by Crippen LogP contribution is 2.50. The lowest BCUT2D eigenvalue weighted by atomic mass is 9.33. The standard InChI is InChI=1S/C47H58BN3S/c1-42(2,3)27-16-17-36-31(23-27)38-40(52-36)48-35-25-33-32(45(10,11)18-19-46(33,12)13)24-34(35)47(14,15)39-37(48)41(50-26-49-39)51(38)30-21-28(43(4,5)6)20-29(22-30)44(7,8)9/h16-17,20-26H,18-19H2,1-15H3. The smallest absolute Gasteiger partial charge is 0.264 e. The summed E-state index contributed by atoms with van der Waals surface area (Å²) >= 11 is 1.98. The second-order valence-electron chi connectivity index (χ2n) is 21.2. The highest BCUT2D eigenvalue weighted by molar-refractivity contribution is 7.33. The quantitative estimate of drug-likeness (QED) is 0.159. The number of benzene rings is 3. The Morgan fingerprint density at radius 1 is 0.654 bits per heavy atom. The molecule has 3 nitrogen and oxygen atoms in total. The van der Waals surface area contributed by atoms with E-state index in [4.69, 9.17) is 9.97 Å². The molecule has 1 aliphatic carbocycles. The van der Waals surface area contributed by atoms with E-state index in [-0.39, 0.29) is 39.2 Å². The van der Waals surface area contributed by atoms with Gasteiger partial charge in [-0.3, -0.25) is 4.90 Å². The molecule has 0 spiro atoms. The van der Waals surface area contributed by atoms with E-state index in [1.165, 1.54) is 83.4 Å². The predicted octanol–water partition coefficient (Wildman–Crippen LogP) is 10.9. The summed E-state index contributed by atoms with van der Waals surface area (Å²) in [6, 6.07) is 19.8. The van der Waals surface area contributed by atoms with E-state index < -0.39 is 0 Å². The van der Waals surface area contributed by atoms with Crippen LogP contribution in [0, 0.1) is 0 Å². The summed E-state index contributed by atoms with van der Waals surface area (Å²) in [5, 5.41) is 1.32. The SMILES string of the molecule is CC(C)(C)c1cc(N2c3ncnc4c3B(c3cc5c(cc3C4(C)C)C(C)(C)CCC5(C)C)c3sc4ccc(C(C)(C)C)cc4c32)cc(C(C)(C)C)c1. The number of hydrogen-bond donors (Lipinski definition) is 0. The van der Waals surface area contributed by atoms with Crippen molar-refractivity contribution in [1.82, 2.24) is 9.97 Å². The first-order valence-corrected chi connectivity index (χ1v) is 20.3. The van der Waals surface area contributed by atoms with Gasteiger partial charge < -0.3 is 0 Å². The zero-order chi connectivity index (χ0) is 37.7. The van der Waals surface area contributed by atoms with Gasteiger partial charge in [0.05, 0.1) is 11.4 Å². The minimum absolute atomic E-state index is 0.0149. The molecule has 0 amide bonds. The monoisotopic (exact) mass is 707 g/mol. The van der Waals surface area contributed by atoms with E-state index in [1.54, 1.807) is 0 Å². The molecular weight excluding hydrogens is 649 g/mol. The molecule has 0 atom stereocenters. The van der Waals surface area contributed by atoms with Crippen LogP contribution in [0.5, 0.6) is 0 Å². The first-order chi connectivity index (χ1) is 23.9. The molecule has 2 aromatic heterocycles. The summed E-state index contributed by atoms with van der Waals surface area (Å²) < 4.78 is 2.74. The van der Waals surface area contributed by atoms with E-state index in [2.05, 4.69) is 157 Å². The summed E-state index contributed by atoms with van der Waals surface area (Å²) in [5.41, 5.74) is 14.8. The van der Waals surface area contributed by atoms with Crippen molar-refractivity contribution in [1.29, 1.82) is 0 Å². The predicted molar refractivity (Wildman–Crippen MR) is 227 cm³/mol. The number of aromatic nitrogens is 2. The van der Waals surface area contributed by atoms with E-state index in [0.717, 1.165) is 11.5 Å². The maximum absolute atomic E-state index is 5.31. The van der Waals surface area contributed by atoms with Gasteiger partial charge in [-0.15, -0.1) is 11.3 Å². The van der Waals surface area contributed by atoms with Crippen molar-refractivity contribution in [3.63, 3.8) is 0 Å². The largest absolute Gasteiger partial charge is 0.294 e. The van der Waals surface area contributed by atoms with Gasteiger partial charge in [-0.25, -0.2) is 9.97 Å². The molecule has 0 unspecified atom stereocenters. The average molecular weight is 708 g/mol. The molecule has 5 aromatic rings. The van der Waals surface area contributed by atoms with Gasteiger partial charge in [0.2, 0.25) is 0 Å². The minimum atomic E-state index is -0.283. The Morgan fingerprint density at radius 2 is 1.23 bits per heavy atom. The molecule has 2 aliphatic heterocycles. The van der Waals surface area contributed by atoms with Crippen molar-refractivity contribution in [2.75, 3.05) is 4.90 Å². The molecule has 0 saturated heterocycles. The van der Waals surface area contributed by atoms with Gasteiger partial charge in [0.15, 0.2) is 0 Å². The summed E-state index contributed by atoms with van der Waals surface area (Å²) in [4.78, 5) is 13.1. The van der Waals surface area contributed by atoms with Crippen LogP contribution in [0.25, 0.3) is 10.1 Å². The zero-order valence-corrected chi connectivity index (χ0v) is 35.3. The molecule has 0 radical (unpaired) electrons. The summed E-state index contributed by atoms with van der Waals surface area (Å²) in [5.74, 6) is 1.03. The third-order valence-electron chi connectivity index (χ3n) is 12.9. The van der Waals surface area contributed by atoms with Gasteiger partial charge >= 0.3 is 0 Å². The Balaban J connectivity index is 1.52. The number of fused-ring (bicyclic) bond motifs is 7. The first-order valence-electron chi connectivity index (χ1n) is 19.5. The highest BCUT2D eigenvalue weighted by atomic mass is 32.1. The van der Waals surface area contributed by atoms with E-state index >= 15 is 0 Å². The molecule has 3 aromatic carbocycles. The van der Waals surface area contributed by atoms with Crippen LogP contribution in [0.3, 0.4) is 0 Å². The Labute approximate surface area is 317 Å². The Bertz CT molecular complexity index is 2270. The fourth-order valence-corrected chi connectivity index (χ4v) is 10.6. The zero-order valence-electron chi connectivity index (χ0n) is 34.4. The molecule has 0 bridgehead atoms. The molecule has 0 saturated carbocycles. The van der Waals surface area contributed by atoms with Crippen molar-refractivity contribution >= 4 is 61.0 Å². The van der Waals surface area contributed by atoms with Crippen LogP contribution in [0.2, 0.25) is 0 Å². The molecule has 52 heavy (non-hydrogen) atoms. The fraction of sp³-hybridized carbons (Fsp3) is 0.489. The molecule has 270 valence electrons. The fourth-order valence-electron chi connectivity index (χ4n) is 9.25. The van der Waals surface area contributed by atoms with Crippen molar-refractivity contribution in [2.45, 2.75) is 149 Å². The van der Waals surface area contributed by atoms with Crippen LogP contribution in [0.4, 0.5) is 17.2 Å². The van der Waals surface area contributed by atoms with Crippen molar-refractivity contribution in [2.24, 2.45) is 0 Å². The molecular formula is C47H58BN3S. The molecule has 0 N–H and O–H groups in total. The van der Waals surface area contributed by atoms with Gasteiger partial charge in [-0.2, -0.15) is 0 Å². The lowest BCUT2D eigenvalue weighted by molar-refractivity contribution is 0.331. The second-order valence-corrected chi connectivity index (χ2v) is 22.2. The molecule has 4 heterocycles. The van der Waals surface area contributed by atoms with Crippen LogP contribution < -0.4 is 20.6 Å². The Kier molecular flexibility index (Phi) is 7.41. The number of rotatable bonds is 1. The van der Waals surface area contributed by atoms with Crippen LogP contribution in [-0.4, -0.2) is 16.7 Å². The second kappa shape index (κ2) is 10.8. The molecule has 3 aliphatic rings. The molecule has 8 rings (SSSR count). The third kappa shape index (κ3) is 5.18. The van der Waals surface area contributed by atoms with Crippen molar-refractivity contribution in [3.8, 4) is 0 Å². The number of hydrogen-bond acceptors (Lipinski definition) is 4. The summed E-state index contributed by atoms with van der Waals surface area (Å²) in [6.07, 6.45) is 4.24. The third-order valence-corrected chi connectivity index (χ3v) is 14.1. The minimum Gasteiger partial charge on any atom is -0.294 e.